The van der Waals surface area contributed by atoms with Gasteiger partial charge in [0.25, 0.3) is 0 Å². The molecule has 0 aromatic heterocycles. The standard InChI is InChI=1S/C16H17ClN2S/c1-11-3-8-15(14(9-11)16(18)20)19(2)10-12-4-6-13(17)7-5-12/h3-9H,10H2,1-2H3,(H2,18,20). The molecular formula is C16H17ClN2S. The van der Waals surface area contributed by atoms with Crippen LogP contribution < -0.4 is 10.6 Å². The Labute approximate surface area is 130 Å². The summed E-state index contributed by atoms with van der Waals surface area (Å²) in [5.74, 6) is 0. The van der Waals surface area contributed by atoms with Gasteiger partial charge in [-0.15, -0.1) is 0 Å². The number of nitrogens with zero attached hydrogens (tertiary/aromatic N) is 1. The molecule has 20 heavy (non-hydrogen) atoms. The average Bonchev–Trinajstić information content (AvgIpc) is 2.41. The van der Waals surface area contributed by atoms with Gasteiger partial charge in [-0.25, -0.2) is 0 Å². The van der Waals surface area contributed by atoms with Gasteiger partial charge >= 0.3 is 0 Å². The first-order valence-corrected chi connectivity index (χ1v) is 7.12. The highest BCUT2D eigenvalue weighted by atomic mass is 35.5. The van der Waals surface area contributed by atoms with E-state index in [0.29, 0.717) is 4.99 Å². The van der Waals surface area contributed by atoms with Gasteiger partial charge in [0.2, 0.25) is 0 Å². The summed E-state index contributed by atoms with van der Waals surface area (Å²) in [6, 6.07) is 14.0. The van der Waals surface area contributed by atoms with E-state index in [-0.39, 0.29) is 0 Å². The van der Waals surface area contributed by atoms with Crippen LogP contribution in [-0.2, 0) is 6.54 Å². The van der Waals surface area contributed by atoms with Crippen molar-refractivity contribution in [2.24, 2.45) is 5.73 Å². The van der Waals surface area contributed by atoms with Crippen molar-refractivity contribution in [3.8, 4) is 0 Å². The second-order valence-electron chi connectivity index (χ2n) is 4.87. The predicted octanol–water partition coefficient (Wildman–Crippen LogP) is 3.92. The fourth-order valence-corrected chi connectivity index (χ4v) is 2.42. The highest BCUT2D eigenvalue weighted by molar-refractivity contribution is 7.80. The third-order valence-electron chi connectivity index (χ3n) is 3.16. The molecule has 0 aliphatic heterocycles. The van der Waals surface area contributed by atoms with Gasteiger partial charge in [-0.05, 0) is 36.8 Å². The Bertz CT molecular complexity index is 623. The lowest BCUT2D eigenvalue weighted by Crippen LogP contribution is -2.21. The Hall–Kier alpha value is -1.58. The summed E-state index contributed by atoms with van der Waals surface area (Å²) in [5.41, 5.74) is 10.1. The first kappa shape index (κ1) is 14.8. The van der Waals surface area contributed by atoms with E-state index < -0.39 is 0 Å². The molecule has 2 aromatic rings. The lowest BCUT2D eigenvalue weighted by molar-refractivity contribution is 0.921. The maximum Gasteiger partial charge on any atom is 0.106 e. The highest BCUT2D eigenvalue weighted by Gasteiger charge is 2.10. The van der Waals surface area contributed by atoms with E-state index in [1.165, 1.54) is 5.56 Å². The van der Waals surface area contributed by atoms with Gasteiger partial charge in [-0.1, -0.05) is 47.6 Å². The molecule has 0 atom stereocenters. The number of anilines is 1. The molecule has 0 bridgehead atoms. The van der Waals surface area contributed by atoms with Crippen molar-refractivity contribution in [1.82, 2.24) is 0 Å². The first-order valence-electron chi connectivity index (χ1n) is 6.33. The lowest BCUT2D eigenvalue weighted by Gasteiger charge is -2.22. The van der Waals surface area contributed by atoms with Crippen molar-refractivity contribution in [2.75, 3.05) is 11.9 Å². The van der Waals surface area contributed by atoms with Gasteiger partial charge in [0.05, 0.1) is 0 Å². The van der Waals surface area contributed by atoms with Crippen molar-refractivity contribution < 1.29 is 0 Å². The summed E-state index contributed by atoms with van der Waals surface area (Å²) < 4.78 is 0. The molecule has 0 spiro atoms. The van der Waals surface area contributed by atoms with Crippen LogP contribution in [0.15, 0.2) is 42.5 Å². The van der Waals surface area contributed by atoms with Gasteiger partial charge < -0.3 is 10.6 Å². The SMILES string of the molecule is Cc1ccc(N(C)Cc2ccc(Cl)cc2)c(C(N)=S)c1. The summed E-state index contributed by atoms with van der Waals surface area (Å²) >= 11 is 11.0. The summed E-state index contributed by atoms with van der Waals surface area (Å²) in [6.07, 6.45) is 0. The molecule has 2 N–H and O–H groups in total. The number of nitrogens with two attached hydrogens (primary N) is 1. The number of hydrogen-bond donors (Lipinski definition) is 1. The second kappa shape index (κ2) is 6.25. The van der Waals surface area contributed by atoms with E-state index in [1.54, 1.807) is 0 Å². The molecular weight excluding hydrogens is 288 g/mol. The molecule has 2 nitrogen and oxygen atoms in total. The minimum absolute atomic E-state index is 0.423. The van der Waals surface area contributed by atoms with Crippen LogP contribution in [0.4, 0.5) is 5.69 Å². The molecule has 0 aliphatic rings. The fraction of sp³-hybridized carbons (Fsp3) is 0.188. The molecule has 0 aliphatic carbocycles. The third kappa shape index (κ3) is 3.50. The van der Waals surface area contributed by atoms with Crippen LogP contribution in [-0.4, -0.2) is 12.0 Å². The topological polar surface area (TPSA) is 29.3 Å². The maximum atomic E-state index is 5.90. The molecule has 0 saturated carbocycles. The maximum absolute atomic E-state index is 5.90. The highest BCUT2D eigenvalue weighted by Crippen LogP contribution is 2.23. The van der Waals surface area contributed by atoms with Gasteiger partial charge in [-0.2, -0.15) is 0 Å². The fourth-order valence-electron chi connectivity index (χ4n) is 2.13. The van der Waals surface area contributed by atoms with E-state index in [1.807, 2.05) is 44.3 Å². The van der Waals surface area contributed by atoms with Crippen LogP contribution in [0, 0.1) is 6.92 Å². The number of rotatable bonds is 4. The summed E-state index contributed by atoms with van der Waals surface area (Å²) in [4.78, 5) is 2.56. The van der Waals surface area contributed by atoms with Gasteiger partial charge in [-0.3, -0.25) is 0 Å². The first-order chi connectivity index (χ1) is 9.47. The van der Waals surface area contributed by atoms with Crippen LogP contribution in [0.3, 0.4) is 0 Å². The number of hydrogen-bond acceptors (Lipinski definition) is 2. The molecule has 0 saturated heterocycles. The van der Waals surface area contributed by atoms with Crippen molar-refractivity contribution >= 4 is 34.5 Å². The van der Waals surface area contributed by atoms with Gasteiger partial charge in [0.1, 0.15) is 4.99 Å². The zero-order chi connectivity index (χ0) is 14.7. The van der Waals surface area contributed by atoms with E-state index in [2.05, 4.69) is 17.0 Å². The normalized spacial score (nSPS) is 10.3. The van der Waals surface area contributed by atoms with E-state index >= 15 is 0 Å². The summed E-state index contributed by atoms with van der Waals surface area (Å²) in [7, 11) is 2.03. The van der Waals surface area contributed by atoms with Crippen LogP contribution in [0.5, 0.6) is 0 Å². The minimum atomic E-state index is 0.423. The van der Waals surface area contributed by atoms with Crippen LogP contribution >= 0.6 is 23.8 Å². The van der Waals surface area contributed by atoms with Crippen molar-refractivity contribution in [3.05, 3.63) is 64.2 Å². The Morgan fingerprint density at radius 1 is 1.20 bits per heavy atom. The molecule has 0 unspecified atom stereocenters. The molecule has 2 aromatic carbocycles. The van der Waals surface area contributed by atoms with Crippen molar-refractivity contribution in [3.63, 3.8) is 0 Å². The minimum Gasteiger partial charge on any atom is -0.389 e. The second-order valence-corrected chi connectivity index (χ2v) is 5.74. The summed E-state index contributed by atoms with van der Waals surface area (Å²) in [5, 5.41) is 0.746. The quantitative estimate of drug-likeness (QED) is 0.868. The largest absolute Gasteiger partial charge is 0.389 e. The zero-order valence-electron chi connectivity index (χ0n) is 11.6. The van der Waals surface area contributed by atoms with Gasteiger partial charge in [0, 0.05) is 29.9 Å². The van der Waals surface area contributed by atoms with Crippen molar-refractivity contribution in [2.45, 2.75) is 13.5 Å². The molecule has 0 fully saturated rings. The monoisotopic (exact) mass is 304 g/mol. The Morgan fingerprint density at radius 2 is 1.85 bits per heavy atom. The predicted molar refractivity (Wildman–Crippen MR) is 90.6 cm³/mol. The van der Waals surface area contributed by atoms with E-state index in [9.17, 15) is 0 Å². The van der Waals surface area contributed by atoms with Crippen LogP contribution in [0.2, 0.25) is 5.02 Å². The number of benzene rings is 2. The Balaban J connectivity index is 2.27. The molecule has 4 heteroatoms. The van der Waals surface area contributed by atoms with E-state index in [4.69, 9.17) is 29.6 Å². The Kier molecular flexibility index (Phi) is 4.63. The lowest BCUT2D eigenvalue weighted by atomic mass is 10.1. The Morgan fingerprint density at radius 3 is 2.45 bits per heavy atom. The number of thiocarbonyl (C=S) groups is 1. The van der Waals surface area contributed by atoms with E-state index in [0.717, 1.165) is 28.4 Å². The van der Waals surface area contributed by atoms with Crippen LogP contribution in [0.1, 0.15) is 16.7 Å². The number of halogens is 1. The van der Waals surface area contributed by atoms with Crippen molar-refractivity contribution in [1.29, 1.82) is 0 Å². The summed E-state index contributed by atoms with van der Waals surface area (Å²) in [6.45, 7) is 2.81. The molecule has 2 rings (SSSR count). The number of aryl methyl sites for hydroxylation is 1. The molecule has 0 amide bonds. The zero-order valence-corrected chi connectivity index (χ0v) is 13.1. The van der Waals surface area contributed by atoms with Crippen LogP contribution in [0.25, 0.3) is 0 Å². The molecule has 104 valence electrons. The third-order valence-corrected chi connectivity index (χ3v) is 3.63. The average molecular weight is 305 g/mol. The molecule has 0 radical (unpaired) electrons. The molecule has 0 heterocycles. The van der Waals surface area contributed by atoms with Gasteiger partial charge in [0.15, 0.2) is 0 Å². The smallest absolute Gasteiger partial charge is 0.106 e.